The first kappa shape index (κ1) is 24.0. The number of unbranched alkanes of at least 4 members (excludes halogenated alkanes) is 1. The average Bonchev–Trinajstić information content (AvgIpc) is 3.12. The fourth-order valence-electron chi connectivity index (χ4n) is 3.25. The number of ketones is 1. The van der Waals surface area contributed by atoms with Crippen LogP contribution < -0.4 is 4.74 Å². The first-order valence-corrected chi connectivity index (χ1v) is 10.4. The van der Waals surface area contributed by atoms with Gasteiger partial charge in [0.2, 0.25) is 5.88 Å². The van der Waals surface area contributed by atoms with Gasteiger partial charge in [0.05, 0.1) is 16.7 Å². The van der Waals surface area contributed by atoms with Crippen molar-refractivity contribution in [3.63, 3.8) is 0 Å². The zero-order valence-corrected chi connectivity index (χ0v) is 18.9. The Bertz CT molecular complexity index is 1050. The summed E-state index contributed by atoms with van der Waals surface area (Å²) in [6, 6.07) is 2.80. The zero-order valence-electron chi connectivity index (χ0n) is 18.9. The molecule has 0 aliphatic heterocycles. The summed E-state index contributed by atoms with van der Waals surface area (Å²) in [7, 11) is 0. The molecule has 0 atom stereocenters. The number of allylic oxidation sites excluding steroid dienone is 2. The largest absolute Gasteiger partial charge is 0.407 e. The number of ether oxygens (including phenoxy) is 1. The van der Waals surface area contributed by atoms with Crippen LogP contribution in [0.4, 0.5) is 5.69 Å². The molecule has 0 unspecified atom stereocenters. The molecule has 1 aromatic carbocycles. The molecule has 0 bridgehead atoms. The molecule has 0 fully saturated rings. The van der Waals surface area contributed by atoms with Crippen LogP contribution in [0, 0.1) is 17.0 Å². The maximum Gasteiger partial charge on any atom is 0.312 e. The number of nitro groups is 1. The number of carbonyl (C=O) groups excluding carboxylic acids is 2. The van der Waals surface area contributed by atoms with Gasteiger partial charge in [0, 0.05) is 24.6 Å². The molecule has 8 heteroatoms. The Morgan fingerprint density at radius 2 is 1.84 bits per heavy atom. The van der Waals surface area contributed by atoms with Crippen molar-refractivity contribution in [3.05, 3.63) is 56.3 Å². The Hall–Kier alpha value is -3.29. The number of aryl methyl sites for hydroxylation is 1. The molecule has 2 aromatic rings. The summed E-state index contributed by atoms with van der Waals surface area (Å²) in [6.07, 6.45) is 3.28. The molecule has 166 valence electrons. The summed E-state index contributed by atoms with van der Waals surface area (Å²) >= 11 is 0. The van der Waals surface area contributed by atoms with Crippen molar-refractivity contribution >= 4 is 23.0 Å². The summed E-state index contributed by atoms with van der Waals surface area (Å²) < 4.78 is 6.97. The smallest absolute Gasteiger partial charge is 0.312 e. The van der Waals surface area contributed by atoms with Gasteiger partial charge in [0.15, 0.2) is 5.78 Å². The summed E-state index contributed by atoms with van der Waals surface area (Å²) in [5, 5.41) is 15.8. The Labute approximate surface area is 182 Å². The van der Waals surface area contributed by atoms with Gasteiger partial charge in [-0.15, -0.1) is 0 Å². The minimum Gasteiger partial charge on any atom is -0.407 e. The van der Waals surface area contributed by atoms with Crippen molar-refractivity contribution < 1.29 is 19.2 Å². The van der Waals surface area contributed by atoms with Gasteiger partial charge in [-0.3, -0.25) is 19.7 Å². The molecule has 0 N–H and O–H groups in total. The minimum absolute atomic E-state index is 0.0518. The molecule has 0 saturated carbocycles. The summed E-state index contributed by atoms with van der Waals surface area (Å²) in [4.78, 5) is 36.6. The summed E-state index contributed by atoms with van der Waals surface area (Å²) in [6.45, 7) is 11.4. The number of benzene rings is 1. The number of nitrogens with zero attached hydrogens (tertiary/aromatic N) is 3. The highest BCUT2D eigenvalue weighted by Gasteiger charge is 2.27. The first-order valence-electron chi connectivity index (χ1n) is 10.4. The maximum absolute atomic E-state index is 13.4. The van der Waals surface area contributed by atoms with Gasteiger partial charge in [-0.25, -0.2) is 4.68 Å². The van der Waals surface area contributed by atoms with Crippen molar-refractivity contribution in [1.29, 1.82) is 0 Å². The number of rotatable bonds is 9. The SMILES string of the molecule is CCCCn1ncc(C(=O)c2ccc([N+](=O)[O-])c(C(C)=C(C)C)c2C)c1OC(=O)CC. The van der Waals surface area contributed by atoms with E-state index < -0.39 is 16.7 Å². The van der Waals surface area contributed by atoms with Crippen LogP contribution in [0.2, 0.25) is 0 Å². The maximum atomic E-state index is 13.4. The predicted octanol–water partition coefficient (Wildman–Crippen LogP) is 5.26. The van der Waals surface area contributed by atoms with Crippen LogP contribution in [-0.4, -0.2) is 26.5 Å². The Balaban J connectivity index is 2.65. The normalized spacial score (nSPS) is 10.6. The van der Waals surface area contributed by atoms with Crippen molar-refractivity contribution in [2.24, 2.45) is 0 Å². The molecule has 1 aromatic heterocycles. The third-order valence-corrected chi connectivity index (χ3v) is 5.27. The highest BCUT2D eigenvalue weighted by molar-refractivity contribution is 6.12. The van der Waals surface area contributed by atoms with E-state index >= 15 is 0 Å². The number of aromatic nitrogens is 2. The Morgan fingerprint density at radius 1 is 1.16 bits per heavy atom. The molecule has 0 aliphatic rings. The highest BCUT2D eigenvalue weighted by Crippen LogP contribution is 2.34. The second-order valence-corrected chi connectivity index (χ2v) is 7.61. The quantitative estimate of drug-likeness (QED) is 0.234. The van der Waals surface area contributed by atoms with Gasteiger partial charge in [-0.1, -0.05) is 25.8 Å². The Kier molecular flexibility index (Phi) is 7.85. The van der Waals surface area contributed by atoms with E-state index in [0.717, 1.165) is 24.0 Å². The number of nitro benzene ring substituents is 1. The Morgan fingerprint density at radius 3 is 2.39 bits per heavy atom. The van der Waals surface area contributed by atoms with Gasteiger partial charge in [-0.05, 0) is 51.3 Å². The molecular formula is C23H29N3O5. The van der Waals surface area contributed by atoms with Crippen molar-refractivity contribution in [2.45, 2.75) is 67.3 Å². The number of esters is 1. The number of hydrogen-bond acceptors (Lipinski definition) is 6. The lowest BCUT2D eigenvalue weighted by Gasteiger charge is -2.14. The topological polar surface area (TPSA) is 104 Å². The standard InChI is InChI=1S/C23H29N3O5/c1-7-9-12-25-23(31-20(27)8-2)18(13-24-25)22(28)17-10-11-19(26(29)30)21(16(17)6)15(5)14(3)4/h10-11,13H,7-9,12H2,1-6H3. The fraction of sp³-hybridized carbons (Fsp3) is 0.435. The van der Waals surface area contributed by atoms with Crippen LogP contribution in [0.3, 0.4) is 0 Å². The van der Waals surface area contributed by atoms with Crippen LogP contribution in [0.5, 0.6) is 5.88 Å². The fourth-order valence-corrected chi connectivity index (χ4v) is 3.25. The van der Waals surface area contributed by atoms with E-state index in [1.54, 1.807) is 20.8 Å². The van der Waals surface area contributed by atoms with E-state index in [-0.39, 0.29) is 23.6 Å². The molecule has 31 heavy (non-hydrogen) atoms. The van der Waals surface area contributed by atoms with Gasteiger partial charge in [0.25, 0.3) is 5.69 Å². The minimum atomic E-state index is -0.464. The van der Waals surface area contributed by atoms with Crippen molar-refractivity contribution in [2.75, 3.05) is 0 Å². The lowest BCUT2D eigenvalue weighted by molar-refractivity contribution is -0.385. The van der Waals surface area contributed by atoms with Gasteiger partial charge in [0.1, 0.15) is 5.56 Å². The van der Waals surface area contributed by atoms with Gasteiger partial charge >= 0.3 is 5.97 Å². The first-order chi connectivity index (χ1) is 14.6. The highest BCUT2D eigenvalue weighted by atomic mass is 16.6. The summed E-state index contributed by atoms with van der Waals surface area (Å²) in [5.41, 5.74) is 3.02. The monoisotopic (exact) mass is 427 g/mol. The molecule has 0 radical (unpaired) electrons. The molecule has 0 saturated heterocycles. The number of hydrogen-bond donors (Lipinski definition) is 0. The third-order valence-electron chi connectivity index (χ3n) is 5.27. The van der Waals surface area contributed by atoms with Gasteiger partial charge < -0.3 is 4.74 Å². The van der Waals surface area contributed by atoms with Gasteiger partial charge in [-0.2, -0.15) is 5.10 Å². The molecule has 0 amide bonds. The lowest BCUT2D eigenvalue weighted by atomic mass is 9.90. The molecule has 2 rings (SSSR count). The zero-order chi connectivity index (χ0) is 23.3. The molecule has 8 nitrogen and oxygen atoms in total. The van der Waals surface area contributed by atoms with E-state index in [1.807, 2.05) is 20.8 Å². The molecular weight excluding hydrogens is 398 g/mol. The van der Waals surface area contributed by atoms with Crippen LogP contribution >= 0.6 is 0 Å². The van der Waals surface area contributed by atoms with Crippen molar-refractivity contribution in [3.8, 4) is 5.88 Å². The number of carbonyl (C=O) groups is 2. The van der Waals surface area contributed by atoms with E-state index in [1.165, 1.54) is 23.0 Å². The van der Waals surface area contributed by atoms with E-state index in [9.17, 15) is 19.7 Å². The molecule has 1 heterocycles. The van der Waals surface area contributed by atoms with E-state index in [0.29, 0.717) is 23.2 Å². The van der Waals surface area contributed by atoms with Crippen LogP contribution in [0.25, 0.3) is 5.57 Å². The third kappa shape index (κ3) is 5.07. The molecule has 0 spiro atoms. The average molecular weight is 428 g/mol. The van der Waals surface area contributed by atoms with Crippen LogP contribution in [0.1, 0.15) is 80.9 Å². The second kappa shape index (κ2) is 10.1. The predicted molar refractivity (Wildman–Crippen MR) is 118 cm³/mol. The molecule has 0 aliphatic carbocycles. The van der Waals surface area contributed by atoms with Crippen LogP contribution in [-0.2, 0) is 11.3 Å². The second-order valence-electron chi connectivity index (χ2n) is 7.61. The van der Waals surface area contributed by atoms with Crippen molar-refractivity contribution in [1.82, 2.24) is 9.78 Å². The summed E-state index contributed by atoms with van der Waals surface area (Å²) in [5.74, 6) is -0.741. The lowest BCUT2D eigenvalue weighted by Crippen LogP contribution is -2.14. The van der Waals surface area contributed by atoms with E-state index in [2.05, 4.69) is 5.10 Å². The van der Waals surface area contributed by atoms with Crippen LogP contribution in [0.15, 0.2) is 23.9 Å². The van der Waals surface area contributed by atoms with E-state index in [4.69, 9.17) is 4.74 Å².